The Bertz CT molecular complexity index is 708. The van der Waals surface area contributed by atoms with Crippen LogP contribution in [0.15, 0.2) is 18.3 Å². The predicted molar refractivity (Wildman–Crippen MR) is 96.3 cm³/mol. The summed E-state index contributed by atoms with van der Waals surface area (Å²) in [4.78, 5) is 28.8. The summed E-state index contributed by atoms with van der Waals surface area (Å²) in [7, 11) is -0.535. The fourth-order valence-electron chi connectivity index (χ4n) is 3.02. The molecule has 3 heterocycles. The third-order valence-electron chi connectivity index (χ3n) is 5.39. The molecule has 0 saturated carbocycles. The van der Waals surface area contributed by atoms with Crippen molar-refractivity contribution in [3.63, 3.8) is 0 Å². The molecule has 0 spiro atoms. The standard InChI is InChI=1S/C17H24BN3O5/c1-16(2)17(3,4)26-18(25-16)12-5-7-19-13(9-12)20-14(22)11-6-8-21(10-11)15(23)24/h5,7,9,11H,6,8,10H2,1-4H3,(H,23,24)(H,19,20,22). The minimum absolute atomic E-state index is 0.206. The summed E-state index contributed by atoms with van der Waals surface area (Å²) in [5.74, 6) is -0.197. The van der Waals surface area contributed by atoms with E-state index in [-0.39, 0.29) is 18.4 Å². The molecule has 0 aromatic carbocycles. The number of carboxylic acid groups (broad SMARTS) is 1. The quantitative estimate of drug-likeness (QED) is 0.788. The van der Waals surface area contributed by atoms with Gasteiger partial charge < -0.3 is 24.6 Å². The van der Waals surface area contributed by atoms with Gasteiger partial charge in [0.2, 0.25) is 5.91 Å². The maximum atomic E-state index is 12.4. The number of nitrogens with zero attached hydrogens (tertiary/aromatic N) is 2. The monoisotopic (exact) mass is 361 g/mol. The van der Waals surface area contributed by atoms with Crippen LogP contribution in [-0.2, 0) is 14.1 Å². The van der Waals surface area contributed by atoms with Crippen LogP contribution in [0.25, 0.3) is 0 Å². The SMILES string of the molecule is CC1(C)OB(c2ccnc(NC(=O)C3CCN(C(=O)O)C3)c2)OC1(C)C. The summed E-state index contributed by atoms with van der Waals surface area (Å²) in [5, 5.41) is 11.8. The van der Waals surface area contributed by atoms with E-state index in [4.69, 9.17) is 14.4 Å². The minimum Gasteiger partial charge on any atom is -0.465 e. The maximum absolute atomic E-state index is 12.4. The van der Waals surface area contributed by atoms with E-state index < -0.39 is 24.4 Å². The second-order valence-electron chi connectivity index (χ2n) is 7.77. The smallest absolute Gasteiger partial charge is 0.465 e. The summed E-state index contributed by atoms with van der Waals surface area (Å²) in [6, 6.07) is 3.52. The first-order chi connectivity index (χ1) is 12.1. The van der Waals surface area contributed by atoms with Crippen molar-refractivity contribution in [1.82, 2.24) is 9.88 Å². The van der Waals surface area contributed by atoms with Gasteiger partial charge in [-0.3, -0.25) is 4.79 Å². The molecule has 0 aliphatic carbocycles. The van der Waals surface area contributed by atoms with Crippen molar-refractivity contribution in [2.75, 3.05) is 18.4 Å². The highest BCUT2D eigenvalue weighted by Gasteiger charge is 2.51. The molecular weight excluding hydrogens is 337 g/mol. The number of aromatic nitrogens is 1. The lowest BCUT2D eigenvalue weighted by Gasteiger charge is -2.32. The normalized spacial score (nSPS) is 23.9. The number of hydrogen-bond donors (Lipinski definition) is 2. The first-order valence-corrected chi connectivity index (χ1v) is 8.69. The molecule has 140 valence electrons. The lowest BCUT2D eigenvalue weighted by molar-refractivity contribution is -0.119. The molecule has 0 bridgehead atoms. The lowest BCUT2D eigenvalue weighted by atomic mass is 9.80. The average molecular weight is 361 g/mol. The number of carbonyl (C=O) groups excluding carboxylic acids is 1. The van der Waals surface area contributed by atoms with Crippen LogP contribution in [0.5, 0.6) is 0 Å². The molecule has 2 fully saturated rings. The lowest BCUT2D eigenvalue weighted by Crippen LogP contribution is -2.41. The molecule has 0 radical (unpaired) electrons. The van der Waals surface area contributed by atoms with E-state index in [1.165, 1.54) is 4.90 Å². The van der Waals surface area contributed by atoms with Crippen molar-refractivity contribution >= 4 is 30.4 Å². The van der Waals surface area contributed by atoms with Crippen molar-refractivity contribution in [3.05, 3.63) is 18.3 Å². The van der Waals surface area contributed by atoms with Gasteiger partial charge in [0.15, 0.2) is 0 Å². The Balaban J connectivity index is 1.67. The van der Waals surface area contributed by atoms with Gasteiger partial charge in [-0.05, 0) is 51.7 Å². The molecule has 1 aromatic rings. The van der Waals surface area contributed by atoms with Crippen LogP contribution in [0.1, 0.15) is 34.1 Å². The molecule has 26 heavy (non-hydrogen) atoms. The maximum Gasteiger partial charge on any atom is 0.495 e. The van der Waals surface area contributed by atoms with Crippen molar-refractivity contribution in [3.8, 4) is 0 Å². The van der Waals surface area contributed by atoms with Gasteiger partial charge >= 0.3 is 13.2 Å². The number of carbonyl (C=O) groups is 2. The van der Waals surface area contributed by atoms with Gasteiger partial charge in [-0.15, -0.1) is 0 Å². The summed E-state index contributed by atoms with van der Waals surface area (Å²) < 4.78 is 12.0. The first-order valence-electron chi connectivity index (χ1n) is 8.69. The Labute approximate surface area is 153 Å². The average Bonchev–Trinajstić information content (AvgIpc) is 3.11. The zero-order chi connectivity index (χ0) is 19.1. The van der Waals surface area contributed by atoms with Crippen LogP contribution < -0.4 is 10.8 Å². The molecule has 9 heteroatoms. The summed E-state index contributed by atoms with van der Waals surface area (Å²) in [6.07, 6.45) is 1.10. The van der Waals surface area contributed by atoms with Gasteiger partial charge in [-0.25, -0.2) is 9.78 Å². The highest BCUT2D eigenvalue weighted by molar-refractivity contribution is 6.62. The Morgan fingerprint density at radius 1 is 1.31 bits per heavy atom. The molecule has 8 nitrogen and oxygen atoms in total. The Kier molecular flexibility index (Phi) is 4.70. The van der Waals surface area contributed by atoms with E-state index in [9.17, 15) is 9.59 Å². The molecule has 2 amide bonds. The summed E-state index contributed by atoms with van der Waals surface area (Å²) >= 11 is 0. The Hall–Kier alpha value is -2.13. The predicted octanol–water partition coefficient (Wildman–Crippen LogP) is 1.32. The van der Waals surface area contributed by atoms with E-state index >= 15 is 0 Å². The molecule has 2 aliphatic heterocycles. The summed E-state index contributed by atoms with van der Waals surface area (Å²) in [6.45, 7) is 8.49. The second-order valence-corrected chi connectivity index (χ2v) is 7.77. The molecule has 1 atom stereocenters. The topological polar surface area (TPSA) is 101 Å². The van der Waals surface area contributed by atoms with Crippen molar-refractivity contribution in [2.24, 2.45) is 5.92 Å². The van der Waals surface area contributed by atoms with Crippen molar-refractivity contribution in [1.29, 1.82) is 0 Å². The van der Waals surface area contributed by atoms with E-state index in [1.54, 1.807) is 18.3 Å². The van der Waals surface area contributed by atoms with Gasteiger partial charge in [0.05, 0.1) is 17.1 Å². The van der Waals surface area contributed by atoms with Crippen LogP contribution in [-0.4, -0.2) is 58.4 Å². The van der Waals surface area contributed by atoms with E-state index in [0.717, 1.165) is 5.46 Å². The van der Waals surface area contributed by atoms with Gasteiger partial charge in [0.1, 0.15) is 5.82 Å². The van der Waals surface area contributed by atoms with Crippen molar-refractivity contribution in [2.45, 2.75) is 45.3 Å². The zero-order valence-electron chi connectivity index (χ0n) is 15.5. The zero-order valence-corrected chi connectivity index (χ0v) is 15.5. The van der Waals surface area contributed by atoms with E-state index in [1.807, 2.05) is 27.7 Å². The molecule has 2 N–H and O–H groups in total. The molecule has 1 aromatic heterocycles. The fourth-order valence-corrected chi connectivity index (χ4v) is 3.02. The van der Waals surface area contributed by atoms with Gasteiger partial charge in [-0.2, -0.15) is 0 Å². The third kappa shape index (κ3) is 3.54. The van der Waals surface area contributed by atoms with Gasteiger partial charge in [0, 0.05) is 19.3 Å². The fraction of sp³-hybridized carbons (Fsp3) is 0.588. The van der Waals surface area contributed by atoms with Crippen LogP contribution in [0, 0.1) is 5.92 Å². The van der Waals surface area contributed by atoms with Crippen LogP contribution in [0.3, 0.4) is 0 Å². The van der Waals surface area contributed by atoms with Gasteiger partial charge in [-0.1, -0.05) is 0 Å². The third-order valence-corrected chi connectivity index (χ3v) is 5.39. The van der Waals surface area contributed by atoms with Crippen molar-refractivity contribution < 1.29 is 24.0 Å². The van der Waals surface area contributed by atoms with Crippen LogP contribution >= 0.6 is 0 Å². The molecule has 2 aliphatic rings. The number of anilines is 1. The molecule has 1 unspecified atom stereocenters. The summed E-state index contributed by atoms with van der Waals surface area (Å²) in [5.41, 5.74) is -0.129. The number of nitrogens with one attached hydrogen (secondary N) is 1. The largest absolute Gasteiger partial charge is 0.495 e. The molecule has 3 rings (SSSR count). The molecule has 2 saturated heterocycles. The second kappa shape index (κ2) is 6.55. The highest BCUT2D eigenvalue weighted by Crippen LogP contribution is 2.36. The van der Waals surface area contributed by atoms with Crippen LogP contribution in [0.2, 0.25) is 0 Å². The number of rotatable bonds is 3. The number of hydrogen-bond acceptors (Lipinski definition) is 5. The van der Waals surface area contributed by atoms with E-state index in [2.05, 4.69) is 10.3 Å². The van der Waals surface area contributed by atoms with Crippen LogP contribution in [0.4, 0.5) is 10.6 Å². The minimum atomic E-state index is -0.999. The number of pyridine rings is 1. The Morgan fingerprint density at radius 3 is 2.54 bits per heavy atom. The first kappa shape index (κ1) is 18.7. The Morgan fingerprint density at radius 2 is 1.96 bits per heavy atom. The number of likely N-dealkylation sites (tertiary alicyclic amines) is 1. The highest BCUT2D eigenvalue weighted by atomic mass is 16.7. The molecular formula is C17H24BN3O5. The number of amides is 2. The van der Waals surface area contributed by atoms with E-state index in [0.29, 0.717) is 18.8 Å². The van der Waals surface area contributed by atoms with Gasteiger partial charge in [0.25, 0.3) is 0 Å².